The molecule has 0 aromatic carbocycles. The third-order valence-electron chi connectivity index (χ3n) is 3.93. The molecule has 0 amide bonds. The molecule has 1 heterocycles. The van der Waals surface area contributed by atoms with Gasteiger partial charge in [-0.1, -0.05) is 18.5 Å². The Morgan fingerprint density at radius 3 is 2.58 bits per heavy atom. The van der Waals surface area contributed by atoms with E-state index in [2.05, 4.69) is 25.9 Å². The average Bonchev–Trinajstić information content (AvgIpc) is 2.28. The second kappa shape index (κ2) is 2.24. The van der Waals surface area contributed by atoms with Gasteiger partial charge >= 0.3 is 0 Å². The SMILES string of the molecule is CC1=NOC2(C)CCCCC12C. The van der Waals surface area contributed by atoms with Gasteiger partial charge in [0, 0.05) is 0 Å². The largest absolute Gasteiger partial charge is 0.389 e. The van der Waals surface area contributed by atoms with Crippen LogP contribution in [-0.2, 0) is 4.84 Å². The van der Waals surface area contributed by atoms with Crippen molar-refractivity contribution in [3.63, 3.8) is 0 Å². The highest BCUT2D eigenvalue weighted by atomic mass is 16.7. The molecule has 0 aromatic heterocycles. The van der Waals surface area contributed by atoms with Crippen molar-refractivity contribution in [1.82, 2.24) is 0 Å². The fourth-order valence-electron chi connectivity index (χ4n) is 2.46. The zero-order valence-electron chi connectivity index (χ0n) is 8.18. The number of rotatable bonds is 0. The van der Waals surface area contributed by atoms with E-state index >= 15 is 0 Å². The van der Waals surface area contributed by atoms with E-state index in [0.717, 1.165) is 6.42 Å². The molecule has 2 rings (SSSR count). The van der Waals surface area contributed by atoms with Crippen LogP contribution in [-0.4, -0.2) is 11.3 Å². The maximum absolute atomic E-state index is 5.55. The number of hydrogen-bond donors (Lipinski definition) is 0. The van der Waals surface area contributed by atoms with Crippen LogP contribution in [0, 0.1) is 5.41 Å². The molecule has 2 nitrogen and oxygen atoms in total. The lowest BCUT2D eigenvalue weighted by atomic mass is 9.63. The lowest BCUT2D eigenvalue weighted by Gasteiger charge is -2.42. The van der Waals surface area contributed by atoms with Crippen LogP contribution in [0.25, 0.3) is 0 Å². The summed E-state index contributed by atoms with van der Waals surface area (Å²) in [7, 11) is 0. The lowest BCUT2D eigenvalue weighted by molar-refractivity contribution is -0.0852. The Hall–Kier alpha value is -0.530. The van der Waals surface area contributed by atoms with Crippen LogP contribution >= 0.6 is 0 Å². The van der Waals surface area contributed by atoms with Crippen LogP contribution in [0.15, 0.2) is 5.16 Å². The van der Waals surface area contributed by atoms with Crippen molar-refractivity contribution in [3.05, 3.63) is 0 Å². The Morgan fingerprint density at radius 2 is 1.92 bits per heavy atom. The summed E-state index contributed by atoms with van der Waals surface area (Å²) in [6, 6.07) is 0. The predicted octanol–water partition coefficient (Wildman–Crippen LogP) is 2.73. The molecule has 1 aliphatic carbocycles. The minimum absolute atomic E-state index is 0.00463. The minimum Gasteiger partial charge on any atom is -0.389 e. The molecule has 1 aliphatic heterocycles. The van der Waals surface area contributed by atoms with Gasteiger partial charge in [0.1, 0.15) is 5.60 Å². The maximum Gasteiger partial charge on any atom is 0.145 e. The fourth-order valence-corrected chi connectivity index (χ4v) is 2.46. The van der Waals surface area contributed by atoms with E-state index in [1.165, 1.54) is 25.0 Å². The van der Waals surface area contributed by atoms with Crippen LogP contribution in [0.1, 0.15) is 46.5 Å². The summed E-state index contributed by atoms with van der Waals surface area (Å²) in [5, 5.41) is 4.14. The van der Waals surface area contributed by atoms with Crippen molar-refractivity contribution in [2.24, 2.45) is 10.6 Å². The summed E-state index contributed by atoms with van der Waals surface area (Å²) in [4.78, 5) is 5.55. The molecule has 0 saturated heterocycles. The van der Waals surface area contributed by atoms with E-state index in [1.807, 2.05) is 0 Å². The van der Waals surface area contributed by atoms with E-state index < -0.39 is 0 Å². The molecule has 1 saturated carbocycles. The van der Waals surface area contributed by atoms with Gasteiger partial charge in [-0.2, -0.15) is 0 Å². The van der Waals surface area contributed by atoms with Gasteiger partial charge < -0.3 is 4.84 Å². The second-order valence-corrected chi connectivity index (χ2v) is 4.54. The van der Waals surface area contributed by atoms with Crippen LogP contribution < -0.4 is 0 Å². The molecular formula is C10H17NO. The summed E-state index contributed by atoms with van der Waals surface area (Å²) >= 11 is 0. The lowest BCUT2D eigenvalue weighted by Crippen LogP contribution is -2.47. The van der Waals surface area contributed by atoms with Gasteiger partial charge in [0.05, 0.1) is 11.1 Å². The normalized spacial score (nSPS) is 46.4. The topological polar surface area (TPSA) is 21.6 Å². The van der Waals surface area contributed by atoms with Crippen molar-refractivity contribution in [1.29, 1.82) is 0 Å². The number of oxime groups is 1. The summed E-state index contributed by atoms with van der Waals surface area (Å²) < 4.78 is 0. The van der Waals surface area contributed by atoms with Crippen LogP contribution in [0.2, 0.25) is 0 Å². The third kappa shape index (κ3) is 0.782. The first-order valence-corrected chi connectivity index (χ1v) is 4.82. The first-order chi connectivity index (χ1) is 5.58. The molecule has 68 valence electrons. The van der Waals surface area contributed by atoms with Gasteiger partial charge in [-0.25, -0.2) is 0 Å². The highest BCUT2D eigenvalue weighted by Gasteiger charge is 2.54. The van der Waals surface area contributed by atoms with E-state index in [9.17, 15) is 0 Å². The van der Waals surface area contributed by atoms with Gasteiger partial charge in [-0.3, -0.25) is 0 Å². The fraction of sp³-hybridized carbons (Fsp3) is 0.900. The van der Waals surface area contributed by atoms with Gasteiger partial charge in [0.15, 0.2) is 0 Å². The summed E-state index contributed by atoms with van der Waals surface area (Å²) in [6.45, 7) is 6.58. The standard InChI is InChI=1S/C10H17NO/c1-8-9(2)6-4-5-7-10(9,3)12-11-8/h4-7H2,1-3H3. The molecule has 0 bridgehead atoms. The maximum atomic E-state index is 5.55. The van der Waals surface area contributed by atoms with Crippen molar-refractivity contribution in [3.8, 4) is 0 Å². The number of nitrogens with zero attached hydrogens (tertiary/aromatic N) is 1. The number of fused-ring (bicyclic) bond motifs is 1. The molecule has 2 aliphatic rings. The van der Waals surface area contributed by atoms with Crippen LogP contribution in [0.3, 0.4) is 0 Å². The predicted molar refractivity (Wildman–Crippen MR) is 49.2 cm³/mol. The zero-order chi connectivity index (χ0) is 8.82. The van der Waals surface area contributed by atoms with Crippen LogP contribution in [0.4, 0.5) is 0 Å². The van der Waals surface area contributed by atoms with Crippen molar-refractivity contribution in [2.75, 3.05) is 0 Å². The first-order valence-electron chi connectivity index (χ1n) is 4.82. The first kappa shape index (κ1) is 8.09. The van der Waals surface area contributed by atoms with E-state index in [1.54, 1.807) is 0 Å². The summed E-state index contributed by atoms with van der Waals surface area (Å²) in [6.07, 6.45) is 5.00. The Kier molecular flexibility index (Phi) is 1.51. The smallest absolute Gasteiger partial charge is 0.145 e. The highest BCUT2D eigenvalue weighted by Crippen LogP contribution is 2.50. The van der Waals surface area contributed by atoms with Crippen molar-refractivity contribution < 1.29 is 4.84 Å². The monoisotopic (exact) mass is 167 g/mol. The Balaban J connectivity index is 2.35. The summed E-state index contributed by atoms with van der Waals surface area (Å²) in [5.74, 6) is 0. The quantitative estimate of drug-likeness (QED) is 0.543. The molecule has 2 heteroatoms. The molecule has 0 spiro atoms. The second-order valence-electron chi connectivity index (χ2n) is 4.54. The van der Waals surface area contributed by atoms with Crippen LogP contribution in [0.5, 0.6) is 0 Å². The van der Waals surface area contributed by atoms with Gasteiger partial charge in [-0.05, 0) is 33.1 Å². The summed E-state index contributed by atoms with van der Waals surface area (Å²) in [5.41, 5.74) is 1.39. The molecule has 0 radical (unpaired) electrons. The minimum atomic E-state index is -0.00463. The van der Waals surface area contributed by atoms with E-state index in [0.29, 0.717) is 0 Å². The Bertz CT molecular complexity index is 236. The zero-order valence-corrected chi connectivity index (χ0v) is 8.18. The molecule has 2 unspecified atom stereocenters. The van der Waals surface area contributed by atoms with Gasteiger partial charge in [0.2, 0.25) is 0 Å². The molecule has 12 heavy (non-hydrogen) atoms. The molecule has 2 atom stereocenters. The highest BCUT2D eigenvalue weighted by molar-refractivity contribution is 5.89. The molecular weight excluding hydrogens is 150 g/mol. The third-order valence-corrected chi connectivity index (χ3v) is 3.93. The van der Waals surface area contributed by atoms with Crippen molar-refractivity contribution in [2.45, 2.75) is 52.1 Å². The van der Waals surface area contributed by atoms with Crippen molar-refractivity contribution >= 4 is 5.71 Å². The average molecular weight is 167 g/mol. The Morgan fingerprint density at radius 1 is 1.25 bits per heavy atom. The molecule has 0 aromatic rings. The van der Waals surface area contributed by atoms with Gasteiger partial charge in [-0.15, -0.1) is 0 Å². The van der Waals surface area contributed by atoms with E-state index in [4.69, 9.17) is 4.84 Å². The van der Waals surface area contributed by atoms with E-state index in [-0.39, 0.29) is 11.0 Å². The van der Waals surface area contributed by atoms with Gasteiger partial charge in [0.25, 0.3) is 0 Å². The molecule has 0 N–H and O–H groups in total. The number of hydrogen-bond acceptors (Lipinski definition) is 2. The Labute approximate surface area is 74.0 Å². The molecule has 1 fully saturated rings.